The molecule has 0 fully saturated rings. The number of anilines is 2. The van der Waals surface area contributed by atoms with E-state index in [0.29, 0.717) is 18.1 Å². The summed E-state index contributed by atoms with van der Waals surface area (Å²) >= 11 is 0. The highest BCUT2D eigenvalue weighted by molar-refractivity contribution is 5.99. The quantitative estimate of drug-likeness (QED) is 0.884. The van der Waals surface area contributed by atoms with Crippen molar-refractivity contribution in [2.75, 3.05) is 17.2 Å². The van der Waals surface area contributed by atoms with Gasteiger partial charge in [-0.3, -0.25) is 5.32 Å². The molecule has 2 aromatic rings. The van der Waals surface area contributed by atoms with E-state index in [9.17, 15) is 4.79 Å². The zero-order valence-corrected chi connectivity index (χ0v) is 10.6. The summed E-state index contributed by atoms with van der Waals surface area (Å²) in [6, 6.07) is 12.2. The predicted octanol–water partition coefficient (Wildman–Crippen LogP) is 3.12. The summed E-state index contributed by atoms with van der Waals surface area (Å²) in [7, 11) is 0. The van der Waals surface area contributed by atoms with Gasteiger partial charge in [0.2, 0.25) is 0 Å². The molecule has 0 aliphatic rings. The van der Waals surface area contributed by atoms with Crippen molar-refractivity contribution in [1.82, 2.24) is 4.98 Å². The number of carbonyl (C=O) groups is 1. The zero-order valence-electron chi connectivity index (χ0n) is 10.6. The maximum Gasteiger partial charge on any atom is 0.324 e. The highest BCUT2D eigenvalue weighted by Crippen LogP contribution is 2.15. The van der Waals surface area contributed by atoms with Crippen LogP contribution in [0, 0.1) is 0 Å². The summed E-state index contributed by atoms with van der Waals surface area (Å²) in [6.45, 7) is 2.54. The van der Waals surface area contributed by atoms with Gasteiger partial charge >= 0.3 is 6.03 Å². The van der Waals surface area contributed by atoms with E-state index in [2.05, 4.69) is 15.6 Å². The molecule has 2 N–H and O–H groups in total. The molecule has 0 aliphatic carbocycles. The number of hydrogen-bond acceptors (Lipinski definition) is 3. The maximum absolute atomic E-state index is 11.7. The lowest BCUT2D eigenvalue weighted by atomic mass is 10.3. The number of ether oxygens (including phenoxy) is 1. The van der Waals surface area contributed by atoms with Gasteiger partial charge in [-0.15, -0.1) is 0 Å². The van der Waals surface area contributed by atoms with Crippen molar-refractivity contribution in [3.63, 3.8) is 0 Å². The lowest BCUT2D eigenvalue weighted by Gasteiger charge is -2.08. The lowest BCUT2D eigenvalue weighted by molar-refractivity contribution is 0.262. The molecule has 19 heavy (non-hydrogen) atoms. The molecule has 0 radical (unpaired) electrons. The molecule has 1 aromatic carbocycles. The Morgan fingerprint density at radius 1 is 1.16 bits per heavy atom. The van der Waals surface area contributed by atoms with Gasteiger partial charge in [0.05, 0.1) is 6.61 Å². The summed E-state index contributed by atoms with van der Waals surface area (Å²) in [5.41, 5.74) is 0.692. The second kappa shape index (κ2) is 6.39. The minimum Gasteiger partial charge on any atom is -0.494 e. The Bertz CT molecular complexity index is 526. The largest absolute Gasteiger partial charge is 0.494 e. The molecule has 0 aliphatic heterocycles. The SMILES string of the molecule is CCOc1ccc(NC(=O)Nc2ccccn2)cc1. The molecule has 0 saturated heterocycles. The Hall–Kier alpha value is -2.56. The van der Waals surface area contributed by atoms with Crippen molar-refractivity contribution in [2.45, 2.75) is 6.92 Å². The van der Waals surface area contributed by atoms with Crippen molar-refractivity contribution in [3.05, 3.63) is 48.7 Å². The normalized spacial score (nSPS) is 9.74. The molecule has 1 aromatic heterocycles. The van der Waals surface area contributed by atoms with Crippen LogP contribution < -0.4 is 15.4 Å². The Morgan fingerprint density at radius 2 is 1.95 bits per heavy atom. The molecule has 0 saturated carbocycles. The van der Waals surface area contributed by atoms with Gasteiger partial charge < -0.3 is 10.1 Å². The average Bonchev–Trinajstić information content (AvgIpc) is 2.42. The van der Waals surface area contributed by atoms with Crippen LogP contribution in [0.1, 0.15) is 6.92 Å². The van der Waals surface area contributed by atoms with Crippen LogP contribution in [0.5, 0.6) is 5.75 Å². The molecule has 0 bridgehead atoms. The first kappa shape index (κ1) is 12.9. The fraction of sp³-hybridized carbons (Fsp3) is 0.143. The van der Waals surface area contributed by atoms with E-state index in [1.54, 1.807) is 48.7 Å². The number of benzene rings is 1. The number of nitrogens with zero attached hydrogens (tertiary/aromatic N) is 1. The van der Waals surface area contributed by atoms with E-state index in [1.807, 2.05) is 6.92 Å². The molecule has 1 heterocycles. The predicted molar refractivity (Wildman–Crippen MR) is 74.5 cm³/mol. The summed E-state index contributed by atoms with van der Waals surface area (Å²) in [4.78, 5) is 15.7. The van der Waals surface area contributed by atoms with Crippen LogP contribution in [0.25, 0.3) is 0 Å². The lowest BCUT2D eigenvalue weighted by Crippen LogP contribution is -2.19. The van der Waals surface area contributed by atoms with Crippen molar-refractivity contribution in [2.24, 2.45) is 0 Å². The number of urea groups is 1. The van der Waals surface area contributed by atoms with E-state index >= 15 is 0 Å². The molecule has 0 unspecified atom stereocenters. The topological polar surface area (TPSA) is 63.2 Å². The first-order valence-corrected chi connectivity index (χ1v) is 6.00. The molecule has 2 rings (SSSR count). The van der Waals surface area contributed by atoms with Gasteiger partial charge in [0, 0.05) is 11.9 Å². The van der Waals surface area contributed by atoms with Crippen LogP contribution in [0.2, 0.25) is 0 Å². The summed E-state index contributed by atoms with van der Waals surface area (Å²) < 4.78 is 5.32. The average molecular weight is 257 g/mol. The minimum absolute atomic E-state index is 0.331. The standard InChI is InChI=1S/C14H15N3O2/c1-2-19-12-8-6-11(7-9-12)16-14(18)17-13-5-3-4-10-15-13/h3-10H,2H2,1H3,(H2,15,16,17,18). The molecular weight excluding hydrogens is 242 g/mol. The zero-order chi connectivity index (χ0) is 13.5. The molecule has 2 amide bonds. The van der Waals surface area contributed by atoms with E-state index in [-0.39, 0.29) is 6.03 Å². The molecule has 0 spiro atoms. The minimum atomic E-state index is -0.331. The van der Waals surface area contributed by atoms with Crippen LogP contribution in [0.4, 0.5) is 16.3 Å². The van der Waals surface area contributed by atoms with Crippen LogP contribution in [0.3, 0.4) is 0 Å². The fourth-order valence-electron chi connectivity index (χ4n) is 1.52. The van der Waals surface area contributed by atoms with Crippen LogP contribution in [-0.2, 0) is 0 Å². The Labute approximate surface area is 111 Å². The molecular formula is C14H15N3O2. The van der Waals surface area contributed by atoms with Crippen LogP contribution >= 0.6 is 0 Å². The second-order valence-corrected chi connectivity index (χ2v) is 3.75. The third-order valence-electron chi connectivity index (χ3n) is 2.33. The number of pyridine rings is 1. The van der Waals surface area contributed by atoms with Crippen molar-refractivity contribution in [3.8, 4) is 5.75 Å². The van der Waals surface area contributed by atoms with Gasteiger partial charge in [0.1, 0.15) is 11.6 Å². The number of carbonyl (C=O) groups excluding carboxylic acids is 1. The number of aromatic nitrogens is 1. The van der Waals surface area contributed by atoms with Gasteiger partial charge in [-0.2, -0.15) is 0 Å². The van der Waals surface area contributed by atoms with Gasteiger partial charge in [-0.1, -0.05) is 6.07 Å². The Morgan fingerprint density at radius 3 is 2.58 bits per heavy atom. The summed E-state index contributed by atoms with van der Waals surface area (Å²) in [5.74, 6) is 1.28. The smallest absolute Gasteiger partial charge is 0.324 e. The number of amides is 2. The van der Waals surface area contributed by atoms with E-state index in [1.165, 1.54) is 0 Å². The molecule has 98 valence electrons. The summed E-state index contributed by atoms with van der Waals surface area (Å²) in [6.07, 6.45) is 1.62. The van der Waals surface area contributed by atoms with Crippen molar-refractivity contribution in [1.29, 1.82) is 0 Å². The third-order valence-corrected chi connectivity index (χ3v) is 2.33. The van der Waals surface area contributed by atoms with E-state index in [0.717, 1.165) is 5.75 Å². The van der Waals surface area contributed by atoms with E-state index in [4.69, 9.17) is 4.74 Å². The first-order valence-electron chi connectivity index (χ1n) is 6.00. The Kier molecular flexibility index (Phi) is 4.34. The van der Waals surface area contributed by atoms with Crippen molar-refractivity contribution < 1.29 is 9.53 Å². The van der Waals surface area contributed by atoms with Gasteiger partial charge in [0.25, 0.3) is 0 Å². The fourth-order valence-corrected chi connectivity index (χ4v) is 1.52. The highest BCUT2D eigenvalue weighted by atomic mass is 16.5. The first-order chi connectivity index (χ1) is 9.28. The van der Waals surface area contributed by atoms with E-state index < -0.39 is 0 Å². The third kappa shape index (κ3) is 3.99. The highest BCUT2D eigenvalue weighted by Gasteiger charge is 2.03. The van der Waals surface area contributed by atoms with Crippen LogP contribution in [0.15, 0.2) is 48.7 Å². The monoisotopic (exact) mass is 257 g/mol. The molecule has 5 nitrogen and oxygen atoms in total. The molecule has 0 atom stereocenters. The maximum atomic E-state index is 11.7. The number of rotatable bonds is 4. The van der Waals surface area contributed by atoms with Crippen LogP contribution in [-0.4, -0.2) is 17.6 Å². The molecule has 5 heteroatoms. The van der Waals surface area contributed by atoms with Gasteiger partial charge in [-0.05, 0) is 43.3 Å². The number of nitrogens with one attached hydrogen (secondary N) is 2. The Balaban J connectivity index is 1.91. The summed E-state index contributed by atoms with van der Waals surface area (Å²) in [5, 5.41) is 5.35. The van der Waals surface area contributed by atoms with Crippen molar-refractivity contribution >= 4 is 17.5 Å². The van der Waals surface area contributed by atoms with Gasteiger partial charge in [-0.25, -0.2) is 9.78 Å². The number of hydrogen-bond donors (Lipinski definition) is 2. The second-order valence-electron chi connectivity index (χ2n) is 3.75. The van der Waals surface area contributed by atoms with Gasteiger partial charge in [0.15, 0.2) is 0 Å².